The van der Waals surface area contributed by atoms with E-state index in [1.807, 2.05) is 53.4 Å². The van der Waals surface area contributed by atoms with Crippen LogP contribution in [-0.4, -0.2) is 56.7 Å². The lowest BCUT2D eigenvalue weighted by Gasteiger charge is -2.37. The number of piperazine rings is 1. The Bertz CT molecular complexity index is 901. The van der Waals surface area contributed by atoms with E-state index < -0.39 is 0 Å². The second kappa shape index (κ2) is 8.53. The van der Waals surface area contributed by atoms with Gasteiger partial charge in [0, 0.05) is 49.5 Å². The number of amides is 3. The number of anilines is 1. The van der Waals surface area contributed by atoms with Crippen LogP contribution in [0, 0.1) is 0 Å². The highest BCUT2D eigenvalue weighted by atomic mass is 16.5. The summed E-state index contributed by atoms with van der Waals surface area (Å²) in [6.07, 6.45) is 0.886. The minimum absolute atomic E-state index is 0.0401. The maximum absolute atomic E-state index is 13.4. The van der Waals surface area contributed by atoms with Gasteiger partial charge in [-0.3, -0.25) is 9.69 Å². The number of nitrogens with one attached hydrogen (secondary N) is 2. The first-order chi connectivity index (χ1) is 14.2. The molecule has 2 fully saturated rings. The van der Waals surface area contributed by atoms with Crippen LogP contribution in [-0.2, 0) is 0 Å². The summed E-state index contributed by atoms with van der Waals surface area (Å²) in [4.78, 5) is 29.2. The molecular formula is C22H26N4O3. The van der Waals surface area contributed by atoms with Crippen LogP contribution in [0.1, 0.15) is 28.4 Å². The minimum Gasteiger partial charge on any atom is -0.496 e. The number of methoxy groups -OCH3 is 1. The molecule has 2 saturated heterocycles. The van der Waals surface area contributed by atoms with Gasteiger partial charge in [-0.1, -0.05) is 24.3 Å². The lowest BCUT2D eigenvalue weighted by molar-refractivity contribution is 0.0631. The van der Waals surface area contributed by atoms with E-state index in [1.165, 1.54) is 0 Å². The average Bonchev–Trinajstić information content (AvgIpc) is 2.79. The third kappa shape index (κ3) is 3.91. The van der Waals surface area contributed by atoms with Crippen LogP contribution in [0.15, 0.2) is 48.5 Å². The average molecular weight is 394 g/mol. The van der Waals surface area contributed by atoms with E-state index in [9.17, 15) is 9.59 Å². The highest BCUT2D eigenvalue weighted by Crippen LogP contribution is 2.31. The number of hydrogen-bond acceptors (Lipinski definition) is 4. The van der Waals surface area contributed by atoms with Crippen LogP contribution in [0.2, 0.25) is 0 Å². The van der Waals surface area contributed by atoms with Gasteiger partial charge in [0.2, 0.25) is 0 Å². The molecular weight excluding hydrogens is 368 g/mol. The van der Waals surface area contributed by atoms with E-state index in [4.69, 9.17) is 4.74 Å². The first-order valence-electron chi connectivity index (χ1n) is 9.99. The number of para-hydroxylation sites is 1. The van der Waals surface area contributed by atoms with Gasteiger partial charge in [0.1, 0.15) is 5.75 Å². The van der Waals surface area contributed by atoms with Crippen molar-refractivity contribution in [3.63, 3.8) is 0 Å². The highest BCUT2D eigenvalue weighted by Gasteiger charge is 2.31. The Balaban J connectivity index is 1.62. The number of hydrogen-bond donors (Lipinski definition) is 2. The zero-order valence-corrected chi connectivity index (χ0v) is 16.6. The quantitative estimate of drug-likeness (QED) is 0.835. The van der Waals surface area contributed by atoms with Gasteiger partial charge >= 0.3 is 6.03 Å². The monoisotopic (exact) mass is 394 g/mol. The van der Waals surface area contributed by atoms with Crippen LogP contribution in [0.3, 0.4) is 0 Å². The van der Waals surface area contributed by atoms with E-state index >= 15 is 0 Å². The molecule has 152 valence electrons. The van der Waals surface area contributed by atoms with Crippen LogP contribution in [0.4, 0.5) is 10.5 Å². The largest absolute Gasteiger partial charge is 0.496 e. The Morgan fingerprint density at radius 3 is 2.79 bits per heavy atom. The standard InChI is InChI=1S/C22H26N4O3/c1-29-20-9-3-2-8-18(20)19-15-23-11-13-26(19)21(27)16-6-4-7-17(14-16)25-12-5-10-24-22(25)28/h2-4,6-9,14,19,23H,5,10-13,15H2,1H3,(H,24,28). The Hall–Kier alpha value is -3.06. The Morgan fingerprint density at radius 1 is 1.10 bits per heavy atom. The van der Waals surface area contributed by atoms with Crippen LogP contribution in [0.25, 0.3) is 0 Å². The molecule has 7 heteroatoms. The fourth-order valence-electron chi connectivity index (χ4n) is 4.02. The number of ether oxygens (including phenoxy) is 1. The predicted octanol–water partition coefficient (Wildman–Crippen LogP) is 2.40. The molecule has 2 heterocycles. The van der Waals surface area contributed by atoms with Gasteiger partial charge in [-0.25, -0.2) is 4.79 Å². The topological polar surface area (TPSA) is 73.9 Å². The maximum Gasteiger partial charge on any atom is 0.321 e. The second-order valence-electron chi connectivity index (χ2n) is 7.25. The summed E-state index contributed by atoms with van der Waals surface area (Å²) < 4.78 is 5.53. The molecule has 1 unspecified atom stereocenters. The molecule has 2 aromatic rings. The van der Waals surface area contributed by atoms with E-state index in [1.54, 1.807) is 12.0 Å². The number of nitrogens with zero attached hydrogens (tertiary/aromatic N) is 2. The molecule has 0 bridgehead atoms. The number of rotatable bonds is 4. The number of carbonyl (C=O) groups is 2. The molecule has 0 saturated carbocycles. The zero-order valence-electron chi connectivity index (χ0n) is 16.6. The number of benzene rings is 2. The van der Waals surface area contributed by atoms with Crippen molar-refractivity contribution in [3.05, 3.63) is 59.7 Å². The lowest BCUT2D eigenvalue weighted by atomic mass is 10.0. The molecule has 2 aromatic carbocycles. The minimum atomic E-state index is -0.116. The molecule has 0 radical (unpaired) electrons. The molecule has 0 aliphatic carbocycles. The summed E-state index contributed by atoms with van der Waals surface area (Å²) in [6.45, 7) is 3.36. The van der Waals surface area contributed by atoms with Crippen molar-refractivity contribution in [1.82, 2.24) is 15.5 Å². The summed E-state index contributed by atoms with van der Waals surface area (Å²) in [5.41, 5.74) is 2.32. The van der Waals surface area contributed by atoms with Gasteiger partial charge in [0.05, 0.1) is 13.2 Å². The molecule has 2 N–H and O–H groups in total. The van der Waals surface area contributed by atoms with Gasteiger partial charge in [-0.05, 0) is 30.7 Å². The maximum atomic E-state index is 13.4. The molecule has 0 spiro atoms. The van der Waals surface area contributed by atoms with E-state index in [-0.39, 0.29) is 18.0 Å². The van der Waals surface area contributed by atoms with E-state index in [0.717, 1.165) is 30.0 Å². The lowest BCUT2D eigenvalue weighted by Crippen LogP contribution is -2.49. The smallest absolute Gasteiger partial charge is 0.321 e. The number of carbonyl (C=O) groups excluding carboxylic acids is 2. The molecule has 4 rings (SSSR count). The summed E-state index contributed by atoms with van der Waals surface area (Å²) in [7, 11) is 1.65. The van der Waals surface area contributed by atoms with Crippen LogP contribution < -0.4 is 20.3 Å². The Morgan fingerprint density at radius 2 is 1.97 bits per heavy atom. The van der Waals surface area contributed by atoms with Gasteiger partial charge in [-0.2, -0.15) is 0 Å². The predicted molar refractivity (Wildman–Crippen MR) is 111 cm³/mol. The van der Waals surface area contributed by atoms with Gasteiger partial charge in [0.15, 0.2) is 0 Å². The summed E-state index contributed by atoms with van der Waals surface area (Å²) in [5.74, 6) is 0.736. The first-order valence-corrected chi connectivity index (χ1v) is 9.99. The van der Waals surface area contributed by atoms with E-state index in [0.29, 0.717) is 31.7 Å². The molecule has 0 aromatic heterocycles. The second-order valence-corrected chi connectivity index (χ2v) is 7.25. The highest BCUT2D eigenvalue weighted by molar-refractivity contribution is 5.98. The zero-order chi connectivity index (χ0) is 20.2. The van der Waals surface area contributed by atoms with Crippen molar-refractivity contribution >= 4 is 17.6 Å². The number of urea groups is 1. The van der Waals surface area contributed by atoms with Crippen molar-refractivity contribution in [3.8, 4) is 5.75 Å². The van der Waals surface area contributed by atoms with Crippen LogP contribution in [0.5, 0.6) is 5.75 Å². The summed E-state index contributed by atoms with van der Waals surface area (Å²) in [6, 6.07) is 14.9. The van der Waals surface area contributed by atoms with Crippen molar-refractivity contribution in [2.24, 2.45) is 0 Å². The molecule has 1 atom stereocenters. The van der Waals surface area contributed by atoms with Crippen molar-refractivity contribution < 1.29 is 14.3 Å². The summed E-state index contributed by atoms with van der Waals surface area (Å²) in [5, 5.41) is 6.23. The van der Waals surface area contributed by atoms with Crippen molar-refractivity contribution in [1.29, 1.82) is 0 Å². The van der Waals surface area contributed by atoms with Crippen LogP contribution >= 0.6 is 0 Å². The molecule has 3 amide bonds. The fraction of sp³-hybridized carbons (Fsp3) is 0.364. The van der Waals surface area contributed by atoms with Gasteiger partial charge in [0.25, 0.3) is 5.91 Å². The Labute approximate surface area is 170 Å². The third-order valence-electron chi connectivity index (χ3n) is 5.49. The van der Waals surface area contributed by atoms with E-state index in [2.05, 4.69) is 10.6 Å². The first kappa shape index (κ1) is 19.3. The van der Waals surface area contributed by atoms with Crippen molar-refractivity contribution in [2.45, 2.75) is 12.5 Å². The molecule has 2 aliphatic rings. The molecule has 7 nitrogen and oxygen atoms in total. The normalized spacial score (nSPS) is 19.6. The third-order valence-corrected chi connectivity index (χ3v) is 5.49. The summed E-state index contributed by atoms with van der Waals surface area (Å²) >= 11 is 0. The molecule has 29 heavy (non-hydrogen) atoms. The van der Waals surface area contributed by atoms with Crippen molar-refractivity contribution in [2.75, 3.05) is 44.7 Å². The SMILES string of the molecule is COc1ccccc1C1CNCCN1C(=O)c1cccc(N2CCCNC2=O)c1. The van der Waals surface area contributed by atoms with Gasteiger partial charge < -0.3 is 20.3 Å². The van der Waals surface area contributed by atoms with Gasteiger partial charge in [-0.15, -0.1) is 0 Å². The fourth-order valence-corrected chi connectivity index (χ4v) is 4.02. The Kier molecular flexibility index (Phi) is 5.67. The molecule has 2 aliphatic heterocycles.